The van der Waals surface area contributed by atoms with Crippen molar-refractivity contribution in [2.24, 2.45) is 0 Å². The number of aromatic nitrogens is 2. The Morgan fingerprint density at radius 3 is 2.78 bits per heavy atom. The van der Waals surface area contributed by atoms with Gasteiger partial charge in [0.05, 0.1) is 22.4 Å². The summed E-state index contributed by atoms with van der Waals surface area (Å²) in [5.74, 6) is 0.201. The number of imidazole rings is 1. The molecule has 1 aliphatic heterocycles. The number of hydrogen-bond acceptors (Lipinski definition) is 5. The average Bonchev–Trinajstić information content (AvgIpc) is 3.22. The summed E-state index contributed by atoms with van der Waals surface area (Å²) in [6.07, 6.45) is 4.15. The highest BCUT2D eigenvalue weighted by atomic mass is 32.2. The van der Waals surface area contributed by atoms with Crippen molar-refractivity contribution in [2.75, 3.05) is 18.1 Å². The van der Waals surface area contributed by atoms with Crippen LogP contribution in [0.3, 0.4) is 0 Å². The number of para-hydroxylation sites is 1. The number of rotatable bonds is 6. The van der Waals surface area contributed by atoms with E-state index in [9.17, 15) is 13.2 Å². The van der Waals surface area contributed by atoms with Crippen LogP contribution < -0.4 is 0 Å². The highest BCUT2D eigenvalue weighted by Crippen LogP contribution is 2.28. The van der Waals surface area contributed by atoms with Gasteiger partial charge >= 0.3 is 0 Å². The van der Waals surface area contributed by atoms with E-state index in [1.54, 1.807) is 11.1 Å². The Balaban J connectivity index is 1.76. The maximum absolute atomic E-state index is 13.0. The highest BCUT2D eigenvalue weighted by Gasteiger charge is 2.35. The lowest BCUT2D eigenvalue weighted by Crippen LogP contribution is -2.44. The van der Waals surface area contributed by atoms with Gasteiger partial charge in [-0.15, -0.1) is 0 Å². The second-order valence-electron chi connectivity index (χ2n) is 6.81. The molecule has 1 saturated heterocycles. The zero-order valence-corrected chi connectivity index (χ0v) is 17.5. The summed E-state index contributed by atoms with van der Waals surface area (Å²) < 4.78 is 25.6. The molecule has 2 heterocycles. The number of aryl methyl sites for hydroxylation is 1. The van der Waals surface area contributed by atoms with Crippen LogP contribution in [-0.2, 0) is 14.6 Å². The Morgan fingerprint density at radius 2 is 2.15 bits per heavy atom. The largest absolute Gasteiger partial charge is 0.338 e. The van der Waals surface area contributed by atoms with Crippen LogP contribution in [0, 0.1) is 6.92 Å². The molecule has 2 atom stereocenters. The number of amides is 1. The van der Waals surface area contributed by atoms with Crippen LogP contribution in [-0.4, -0.2) is 58.1 Å². The summed E-state index contributed by atoms with van der Waals surface area (Å²) >= 11 is 1.40. The second kappa shape index (κ2) is 8.06. The minimum Gasteiger partial charge on any atom is -0.338 e. The lowest BCUT2D eigenvalue weighted by atomic mass is 10.2. The number of thioether (sulfide) groups is 1. The van der Waals surface area contributed by atoms with Crippen molar-refractivity contribution in [1.29, 1.82) is 0 Å². The summed E-state index contributed by atoms with van der Waals surface area (Å²) in [6.45, 7) is 6.30. The monoisotopic (exact) mass is 407 g/mol. The van der Waals surface area contributed by atoms with Crippen molar-refractivity contribution in [2.45, 2.75) is 43.6 Å². The highest BCUT2D eigenvalue weighted by molar-refractivity contribution is 8.00. The first-order chi connectivity index (χ1) is 12.8. The van der Waals surface area contributed by atoms with Crippen molar-refractivity contribution < 1.29 is 13.2 Å². The minimum atomic E-state index is -3.02. The van der Waals surface area contributed by atoms with Crippen LogP contribution in [0.15, 0.2) is 41.8 Å². The predicted octanol–water partition coefficient (Wildman–Crippen LogP) is 2.70. The van der Waals surface area contributed by atoms with E-state index >= 15 is 0 Å². The fraction of sp³-hybridized carbons (Fsp3) is 0.474. The maximum atomic E-state index is 13.0. The van der Waals surface area contributed by atoms with Gasteiger partial charge in [-0.1, -0.05) is 30.0 Å². The standard InChI is InChI=1S/C19H25N3O3S2/c1-4-21(16-9-12-27(24,25)13-16)18(23)15(3)26-19-20-10-11-22(19)17-8-6-5-7-14(17)2/h5-8,10-11,15-16H,4,9,12-13H2,1-3H3. The molecule has 0 bridgehead atoms. The van der Waals surface area contributed by atoms with Crippen LogP contribution in [0.4, 0.5) is 0 Å². The molecule has 0 N–H and O–H groups in total. The molecule has 8 heteroatoms. The first-order valence-corrected chi connectivity index (χ1v) is 11.8. The molecule has 27 heavy (non-hydrogen) atoms. The fourth-order valence-electron chi connectivity index (χ4n) is 3.45. The Bertz CT molecular complexity index is 924. The van der Waals surface area contributed by atoms with Crippen LogP contribution in [0.25, 0.3) is 5.69 Å². The Morgan fingerprint density at radius 1 is 1.41 bits per heavy atom. The smallest absolute Gasteiger partial charge is 0.236 e. The predicted molar refractivity (Wildman–Crippen MR) is 108 cm³/mol. The van der Waals surface area contributed by atoms with E-state index < -0.39 is 9.84 Å². The lowest BCUT2D eigenvalue weighted by molar-refractivity contribution is -0.131. The van der Waals surface area contributed by atoms with Crippen molar-refractivity contribution in [3.05, 3.63) is 42.2 Å². The van der Waals surface area contributed by atoms with Gasteiger partial charge in [0.2, 0.25) is 5.91 Å². The zero-order valence-electron chi connectivity index (χ0n) is 15.8. The van der Waals surface area contributed by atoms with Crippen molar-refractivity contribution in [3.8, 4) is 5.69 Å². The van der Waals surface area contributed by atoms with E-state index in [2.05, 4.69) is 4.98 Å². The van der Waals surface area contributed by atoms with Gasteiger partial charge in [-0.3, -0.25) is 9.36 Å². The lowest BCUT2D eigenvalue weighted by Gasteiger charge is -2.29. The average molecular weight is 408 g/mol. The number of hydrogen-bond donors (Lipinski definition) is 0. The van der Waals surface area contributed by atoms with Gasteiger partial charge in [0, 0.05) is 25.0 Å². The minimum absolute atomic E-state index is 0.0380. The first-order valence-electron chi connectivity index (χ1n) is 9.09. The van der Waals surface area contributed by atoms with Gasteiger partial charge in [-0.25, -0.2) is 13.4 Å². The topological polar surface area (TPSA) is 72.3 Å². The van der Waals surface area contributed by atoms with E-state index in [1.165, 1.54) is 11.8 Å². The van der Waals surface area contributed by atoms with Crippen LogP contribution in [0.1, 0.15) is 25.8 Å². The van der Waals surface area contributed by atoms with Gasteiger partial charge in [0.25, 0.3) is 0 Å². The van der Waals surface area contributed by atoms with Crippen LogP contribution >= 0.6 is 11.8 Å². The Labute approximate surface area is 164 Å². The summed E-state index contributed by atoms with van der Waals surface area (Å²) in [7, 11) is -3.02. The molecule has 6 nitrogen and oxygen atoms in total. The molecule has 2 unspecified atom stereocenters. The van der Waals surface area contributed by atoms with E-state index in [4.69, 9.17) is 0 Å². The molecule has 1 aromatic heterocycles. The third kappa shape index (κ3) is 4.38. The van der Waals surface area contributed by atoms with Crippen LogP contribution in [0.2, 0.25) is 0 Å². The first kappa shape index (κ1) is 19.9. The Kier molecular flexibility index (Phi) is 5.95. The molecule has 0 spiro atoms. The molecule has 1 amide bonds. The molecule has 1 aliphatic rings. The Hall–Kier alpha value is -1.80. The summed E-state index contributed by atoms with van der Waals surface area (Å²) in [5.41, 5.74) is 2.16. The third-order valence-corrected chi connectivity index (χ3v) is 7.70. The van der Waals surface area contributed by atoms with Gasteiger partial charge in [-0.2, -0.15) is 0 Å². The van der Waals surface area contributed by atoms with Crippen molar-refractivity contribution in [1.82, 2.24) is 14.5 Å². The van der Waals surface area contributed by atoms with E-state index in [0.29, 0.717) is 13.0 Å². The number of benzene rings is 1. The molecule has 0 aliphatic carbocycles. The summed E-state index contributed by atoms with van der Waals surface area (Å²) in [6, 6.07) is 7.81. The van der Waals surface area contributed by atoms with Crippen molar-refractivity contribution >= 4 is 27.5 Å². The van der Waals surface area contributed by atoms with Gasteiger partial charge in [0.1, 0.15) is 0 Å². The van der Waals surface area contributed by atoms with Crippen LogP contribution in [0.5, 0.6) is 0 Å². The molecule has 0 radical (unpaired) electrons. The number of sulfone groups is 1. The fourth-order valence-corrected chi connectivity index (χ4v) is 6.13. The molecular formula is C19H25N3O3S2. The van der Waals surface area contributed by atoms with E-state index in [-0.39, 0.29) is 28.7 Å². The molecular weight excluding hydrogens is 382 g/mol. The maximum Gasteiger partial charge on any atom is 0.236 e. The molecule has 146 valence electrons. The summed E-state index contributed by atoms with van der Waals surface area (Å²) in [5, 5.41) is 0.402. The number of nitrogens with zero attached hydrogens (tertiary/aromatic N) is 3. The third-order valence-electron chi connectivity index (χ3n) is 4.88. The van der Waals surface area contributed by atoms with E-state index in [0.717, 1.165) is 16.4 Å². The SMILES string of the molecule is CCN(C(=O)C(C)Sc1nccn1-c1ccccc1C)C1CCS(=O)(=O)C1. The molecule has 0 saturated carbocycles. The molecule has 1 fully saturated rings. The normalized spacial score (nSPS) is 19.7. The zero-order chi connectivity index (χ0) is 19.6. The van der Waals surface area contributed by atoms with Gasteiger partial charge < -0.3 is 4.90 Å². The molecule has 1 aromatic carbocycles. The van der Waals surface area contributed by atoms with Gasteiger partial charge in [0.15, 0.2) is 15.0 Å². The van der Waals surface area contributed by atoms with Crippen molar-refractivity contribution in [3.63, 3.8) is 0 Å². The number of carbonyl (C=O) groups is 1. The second-order valence-corrected chi connectivity index (χ2v) is 10.3. The molecule has 3 rings (SSSR count). The molecule has 2 aromatic rings. The van der Waals surface area contributed by atoms with Gasteiger partial charge in [-0.05, 0) is 38.8 Å². The quantitative estimate of drug-likeness (QED) is 0.689. The summed E-state index contributed by atoms with van der Waals surface area (Å²) in [4.78, 5) is 19.1. The number of carbonyl (C=O) groups excluding carboxylic acids is 1. The van der Waals surface area contributed by atoms with E-state index in [1.807, 2.05) is 55.8 Å².